The van der Waals surface area contributed by atoms with Crippen LogP contribution in [-0.4, -0.2) is 4.98 Å². The third kappa shape index (κ3) is 4.84. The molecule has 4 nitrogen and oxygen atoms in total. The number of hydrogen-bond donors (Lipinski definition) is 0. The minimum absolute atomic E-state index is 0.600. The molecule has 0 amide bonds. The van der Waals surface area contributed by atoms with Gasteiger partial charge in [0.05, 0.1) is 5.69 Å². The summed E-state index contributed by atoms with van der Waals surface area (Å²) in [5, 5.41) is 2.03. The van der Waals surface area contributed by atoms with Crippen molar-refractivity contribution in [2.75, 3.05) is 4.90 Å². The first-order valence-corrected chi connectivity index (χ1v) is 15.7. The molecule has 0 aliphatic rings. The van der Waals surface area contributed by atoms with Crippen LogP contribution < -0.4 is 4.90 Å². The van der Waals surface area contributed by atoms with Gasteiger partial charge in [0.1, 0.15) is 11.1 Å². The molecule has 9 rings (SSSR count). The van der Waals surface area contributed by atoms with E-state index in [2.05, 4.69) is 126 Å². The fraction of sp³-hybridized carbons (Fsp3) is 0. The second-order valence-corrected chi connectivity index (χ2v) is 11.6. The first kappa shape index (κ1) is 27.0. The van der Waals surface area contributed by atoms with E-state index in [0.29, 0.717) is 11.5 Å². The highest BCUT2D eigenvalue weighted by Crippen LogP contribution is 2.43. The fourth-order valence-corrected chi connectivity index (χ4v) is 6.40. The molecular weight excluding hydrogens is 576 g/mol. The van der Waals surface area contributed by atoms with Crippen molar-refractivity contribution in [2.45, 2.75) is 0 Å². The highest BCUT2D eigenvalue weighted by molar-refractivity contribution is 6.13. The van der Waals surface area contributed by atoms with Gasteiger partial charge in [0, 0.05) is 33.8 Å². The molecule has 0 bridgehead atoms. The lowest BCUT2D eigenvalue weighted by atomic mass is 9.99. The number of hydrogen-bond acceptors (Lipinski definition) is 4. The Morgan fingerprint density at radius 1 is 0.404 bits per heavy atom. The van der Waals surface area contributed by atoms with E-state index in [1.807, 2.05) is 48.5 Å². The summed E-state index contributed by atoms with van der Waals surface area (Å²) in [5.41, 5.74) is 11.8. The van der Waals surface area contributed by atoms with Gasteiger partial charge in [-0.15, -0.1) is 0 Å². The Bertz CT molecular complexity index is 2500. The Labute approximate surface area is 271 Å². The zero-order chi connectivity index (χ0) is 31.2. The van der Waals surface area contributed by atoms with Crippen molar-refractivity contribution in [3.05, 3.63) is 170 Å². The maximum atomic E-state index is 6.67. The number of anilines is 3. The number of benzene rings is 7. The molecule has 0 unspecified atom stereocenters. The Balaban J connectivity index is 1.16. The minimum atomic E-state index is 0.600. The largest absolute Gasteiger partial charge is 0.454 e. The zero-order valence-electron chi connectivity index (χ0n) is 25.4. The Morgan fingerprint density at radius 3 is 1.74 bits per heavy atom. The number of rotatable bonds is 6. The third-order valence-corrected chi connectivity index (χ3v) is 8.69. The van der Waals surface area contributed by atoms with Crippen LogP contribution in [0.15, 0.2) is 179 Å². The van der Waals surface area contributed by atoms with Gasteiger partial charge in [0.15, 0.2) is 11.2 Å². The van der Waals surface area contributed by atoms with Crippen molar-refractivity contribution in [2.24, 2.45) is 0 Å². The van der Waals surface area contributed by atoms with E-state index >= 15 is 0 Å². The molecule has 9 aromatic rings. The Hall–Kier alpha value is -6.39. The monoisotopic (exact) mass is 604 g/mol. The summed E-state index contributed by atoms with van der Waals surface area (Å²) in [6.45, 7) is 0. The topological polar surface area (TPSA) is 42.4 Å². The second kappa shape index (κ2) is 11.2. The van der Waals surface area contributed by atoms with Gasteiger partial charge in [-0.3, -0.25) is 0 Å². The second-order valence-electron chi connectivity index (χ2n) is 11.6. The highest BCUT2D eigenvalue weighted by atomic mass is 16.4. The van der Waals surface area contributed by atoms with Crippen molar-refractivity contribution >= 4 is 50.1 Å². The minimum Gasteiger partial charge on any atom is -0.454 e. The predicted octanol–water partition coefficient (Wildman–Crippen LogP) is 12.2. The van der Waals surface area contributed by atoms with Gasteiger partial charge in [-0.25, -0.2) is 4.98 Å². The van der Waals surface area contributed by atoms with Crippen LogP contribution in [0.3, 0.4) is 0 Å². The maximum absolute atomic E-state index is 6.67. The molecule has 0 atom stereocenters. The SMILES string of the molecule is c1ccc(-c2ccc(-c3cccc(N(c4ccccc4)c4cccc5c4oc4cc6oc(-c7ccccc7)nc6cc45)c3)cc2)cc1. The molecule has 222 valence electrons. The molecule has 0 radical (unpaired) electrons. The van der Waals surface area contributed by atoms with Crippen LogP contribution in [0.2, 0.25) is 0 Å². The predicted molar refractivity (Wildman–Crippen MR) is 192 cm³/mol. The third-order valence-electron chi connectivity index (χ3n) is 8.69. The number of aromatic nitrogens is 1. The van der Waals surface area contributed by atoms with Gasteiger partial charge in [0.25, 0.3) is 0 Å². The molecule has 47 heavy (non-hydrogen) atoms. The first-order valence-electron chi connectivity index (χ1n) is 15.7. The Kier molecular flexibility index (Phi) is 6.43. The lowest BCUT2D eigenvalue weighted by Crippen LogP contribution is -2.10. The molecule has 0 aliphatic carbocycles. The van der Waals surface area contributed by atoms with Crippen LogP contribution in [0.4, 0.5) is 17.1 Å². The van der Waals surface area contributed by atoms with Gasteiger partial charge in [-0.1, -0.05) is 115 Å². The van der Waals surface area contributed by atoms with Crippen LogP contribution in [0.1, 0.15) is 0 Å². The lowest BCUT2D eigenvalue weighted by molar-refractivity contribution is 0.617. The fourth-order valence-electron chi connectivity index (χ4n) is 6.40. The van der Waals surface area contributed by atoms with E-state index in [1.54, 1.807) is 0 Å². The molecule has 0 spiro atoms. The normalized spacial score (nSPS) is 11.4. The van der Waals surface area contributed by atoms with E-state index in [1.165, 1.54) is 11.1 Å². The van der Waals surface area contributed by atoms with E-state index < -0.39 is 0 Å². The number of fused-ring (bicyclic) bond motifs is 4. The van der Waals surface area contributed by atoms with Crippen LogP contribution in [0, 0.1) is 0 Å². The first-order chi connectivity index (χ1) is 23.3. The molecule has 0 aliphatic heterocycles. The number of furan rings is 1. The van der Waals surface area contributed by atoms with Gasteiger partial charge in [-0.2, -0.15) is 0 Å². The van der Waals surface area contributed by atoms with E-state index in [0.717, 1.165) is 61.2 Å². The van der Waals surface area contributed by atoms with Crippen LogP contribution in [0.5, 0.6) is 0 Å². The zero-order valence-corrected chi connectivity index (χ0v) is 25.4. The van der Waals surface area contributed by atoms with Crippen molar-refractivity contribution in [1.82, 2.24) is 4.98 Å². The number of nitrogens with zero attached hydrogens (tertiary/aromatic N) is 2. The summed E-state index contributed by atoms with van der Waals surface area (Å²) in [7, 11) is 0. The quantitative estimate of drug-likeness (QED) is 0.189. The summed E-state index contributed by atoms with van der Waals surface area (Å²) < 4.78 is 12.9. The van der Waals surface area contributed by atoms with Gasteiger partial charge in [-0.05, 0) is 70.8 Å². The van der Waals surface area contributed by atoms with E-state index in [-0.39, 0.29) is 0 Å². The Morgan fingerprint density at radius 2 is 1.00 bits per heavy atom. The summed E-state index contributed by atoms with van der Waals surface area (Å²) >= 11 is 0. The molecule has 7 aromatic carbocycles. The highest BCUT2D eigenvalue weighted by Gasteiger charge is 2.21. The molecule has 0 saturated heterocycles. The van der Waals surface area contributed by atoms with Gasteiger partial charge >= 0.3 is 0 Å². The molecule has 4 heteroatoms. The summed E-state index contributed by atoms with van der Waals surface area (Å²) in [4.78, 5) is 7.08. The average molecular weight is 605 g/mol. The lowest BCUT2D eigenvalue weighted by Gasteiger charge is -2.26. The summed E-state index contributed by atoms with van der Waals surface area (Å²) in [5.74, 6) is 0.600. The van der Waals surface area contributed by atoms with Crippen molar-refractivity contribution in [1.29, 1.82) is 0 Å². The van der Waals surface area contributed by atoms with E-state index in [4.69, 9.17) is 13.8 Å². The molecule has 2 aromatic heterocycles. The molecule has 0 saturated carbocycles. The average Bonchev–Trinajstić information content (AvgIpc) is 3.73. The van der Waals surface area contributed by atoms with Gasteiger partial charge in [0.2, 0.25) is 5.89 Å². The van der Waals surface area contributed by atoms with Crippen LogP contribution in [0.25, 0.3) is 66.7 Å². The van der Waals surface area contributed by atoms with Crippen molar-refractivity contribution in [3.63, 3.8) is 0 Å². The summed E-state index contributed by atoms with van der Waals surface area (Å²) in [6.07, 6.45) is 0. The molecule has 2 heterocycles. The smallest absolute Gasteiger partial charge is 0.227 e. The van der Waals surface area contributed by atoms with Gasteiger partial charge < -0.3 is 13.7 Å². The molecule has 0 fully saturated rings. The molecule has 0 N–H and O–H groups in total. The van der Waals surface area contributed by atoms with E-state index in [9.17, 15) is 0 Å². The summed E-state index contributed by atoms with van der Waals surface area (Å²) in [6, 6.07) is 58.7. The number of para-hydroxylation sites is 2. The van der Waals surface area contributed by atoms with Crippen molar-refractivity contribution < 1.29 is 8.83 Å². The molecular formula is C43H28N2O2. The maximum Gasteiger partial charge on any atom is 0.227 e. The van der Waals surface area contributed by atoms with Crippen LogP contribution in [-0.2, 0) is 0 Å². The van der Waals surface area contributed by atoms with Crippen LogP contribution >= 0.6 is 0 Å². The standard InChI is InChI=1S/C43H28N2O2/c1-4-12-29(13-5-1)30-22-24-31(25-23-30)33-16-10-19-35(26-33)45(34-17-8-3-9-18-34)39-21-11-20-36-37-27-38-41(28-40(37)46-42(36)39)47-43(44-38)32-14-6-2-7-15-32/h1-28H. The number of oxazole rings is 1. The van der Waals surface area contributed by atoms with Crippen molar-refractivity contribution in [3.8, 4) is 33.7 Å².